The van der Waals surface area contributed by atoms with E-state index in [2.05, 4.69) is 25.1 Å². The van der Waals surface area contributed by atoms with Crippen molar-refractivity contribution in [3.05, 3.63) is 69.8 Å². The third-order valence-corrected chi connectivity index (χ3v) is 5.31. The van der Waals surface area contributed by atoms with Crippen molar-refractivity contribution in [1.82, 2.24) is 20.0 Å². The molecule has 0 atom stereocenters. The van der Waals surface area contributed by atoms with Crippen LogP contribution < -0.4 is 5.43 Å². The number of nitrogens with zero attached hydrogens (tertiary/aromatic N) is 4. The Labute approximate surface area is 179 Å². The van der Waals surface area contributed by atoms with E-state index in [1.807, 2.05) is 64.1 Å². The van der Waals surface area contributed by atoms with E-state index in [4.69, 9.17) is 11.6 Å². The van der Waals surface area contributed by atoms with Crippen LogP contribution in [0, 0.1) is 27.7 Å². The molecule has 8 heteroatoms. The predicted molar refractivity (Wildman–Crippen MR) is 118 cm³/mol. The minimum atomic E-state index is -0.211. The summed E-state index contributed by atoms with van der Waals surface area (Å²) in [7, 11) is 0. The number of aromatic nitrogens is 3. The first-order valence-corrected chi connectivity index (χ1v) is 10.4. The molecule has 0 unspecified atom stereocenters. The number of nitrogens with one attached hydrogen (secondary N) is 1. The van der Waals surface area contributed by atoms with Crippen LogP contribution in [-0.4, -0.2) is 32.4 Å². The van der Waals surface area contributed by atoms with E-state index in [0.29, 0.717) is 10.2 Å². The number of halogens is 1. The highest BCUT2D eigenvalue weighted by atomic mass is 35.5. The highest BCUT2D eigenvalue weighted by Crippen LogP contribution is 2.22. The second kappa shape index (κ2) is 9.24. The minimum absolute atomic E-state index is 0.196. The van der Waals surface area contributed by atoms with Crippen LogP contribution in [0.25, 0.3) is 5.69 Å². The van der Waals surface area contributed by atoms with Crippen LogP contribution >= 0.6 is 23.4 Å². The molecule has 0 radical (unpaired) electrons. The zero-order chi connectivity index (χ0) is 21.0. The molecular formula is C21H22ClN5OS. The molecule has 29 heavy (non-hydrogen) atoms. The van der Waals surface area contributed by atoms with Gasteiger partial charge in [0.15, 0.2) is 5.16 Å². The molecule has 2 heterocycles. The fraction of sp³-hybridized carbons (Fsp3) is 0.238. The predicted octanol–water partition coefficient (Wildman–Crippen LogP) is 4.40. The standard InChI is InChI=1S/C21H22ClN5OS/c1-13-8-14(2)25-21(24-13)29-12-20(28)26-23-11-17-9-15(3)27(16(17)4)19-7-5-6-18(22)10-19/h5-11H,12H2,1-4H3,(H,26,28). The average molecular weight is 428 g/mol. The van der Waals surface area contributed by atoms with Crippen LogP contribution in [0.4, 0.5) is 0 Å². The molecule has 0 saturated heterocycles. The van der Waals surface area contributed by atoms with Crippen molar-refractivity contribution in [2.45, 2.75) is 32.9 Å². The van der Waals surface area contributed by atoms with Gasteiger partial charge in [0.25, 0.3) is 5.91 Å². The Morgan fingerprint density at radius 3 is 2.59 bits per heavy atom. The summed E-state index contributed by atoms with van der Waals surface area (Å²) in [6.07, 6.45) is 1.65. The first-order valence-electron chi connectivity index (χ1n) is 9.05. The molecule has 6 nitrogen and oxygen atoms in total. The van der Waals surface area contributed by atoms with Crippen LogP contribution in [0.15, 0.2) is 46.7 Å². The molecule has 3 aromatic rings. The lowest BCUT2D eigenvalue weighted by Gasteiger charge is -2.09. The molecule has 150 valence electrons. The summed E-state index contributed by atoms with van der Waals surface area (Å²) in [6.45, 7) is 7.83. The molecular weight excluding hydrogens is 406 g/mol. The zero-order valence-electron chi connectivity index (χ0n) is 16.7. The van der Waals surface area contributed by atoms with E-state index >= 15 is 0 Å². The van der Waals surface area contributed by atoms with E-state index in [-0.39, 0.29) is 11.7 Å². The number of amides is 1. The van der Waals surface area contributed by atoms with Crippen LogP contribution in [0.1, 0.15) is 28.3 Å². The number of hydrogen-bond acceptors (Lipinski definition) is 5. The van der Waals surface area contributed by atoms with Gasteiger partial charge in [-0.15, -0.1) is 0 Å². The van der Waals surface area contributed by atoms with Gasteiger partial charge in [0.2, 0.25) is 0 Å². The van der Waals surface area contributed by atoms with Gasteiger partial charge in [0.05, 0.1) is 12.0 Å². The number of carbonyl (C=O) groups excluding carboxylic acids is 1. The quantitative estimate of drug-likeness (QED) is 0.274. The fourth-order valence-electron chi connectivity index (χ4n) is 3.03. The number of aryl methyl sites for hydroxylation is 3. The highest BCUT2D eigenvalue weighted by Gasteiger charge is 2.10. The van der Waals surface area contributed by atoms with Gasteiger partial charge in [-0.25, -0.2) is 15.4 Å². The van der Waals surface area contributed by atoms with Crippen LogP contribution in [0.5, 0.6) is 0 Å². The summed E-state index contributed by atoms with van der Waals surface area (Å²) in [5.41, 5.74) is 8.31. The van der Waals surface area contributed by atoms with Crippen molar-refractivity contribution in [2.75, 3.05) is 5.75 Å². The van der Waals surface area contributed by atoms with Crippen molar-refractivity contribution in [3.8, 4) is 5.69 Å². The summed E-state index contributed by atoms with van der Waals surface area (Å²) in [5, 5.41) is 5.37. The van der Waals surface area contributed by atoms with Gasteiger partial charge in [0.1, 0.15) is 0 Å². The third-order valence-electron chi connectivity index (χ3n) is 4.22. The first kappa shape index (κ1) is 21.1. The lowest BCUT2D eigenvalue weighted by Crippen LogP contribution is -2.19. The molecule has 0 aliphatic carbocycles. The van der Waals surface area contributed by atoms with E-state index in [1.165, 1.54) is 11.8 Å². The van der Waals surface area contributed by atoms with Gasteiger partial charge in [-0.05, 0) is 58.0 Å². The lowest BCUT2D eigenvalue weighted by molar-refractivity contribution is -0.118. The van der Waals surface area contributed by atoms with Crippen LogP contribution in [-0.2, 0) is 4.79 Å². The highest BCUT2D eigenvalue weighted by molar-refractivity contribution is 7.99. The zero-order valence-corrected chi connectivity index (χ0v) is 18.3. The maximum atomic E-state index is 12.1. The van der Waals surface area contributed by atoms with Gasteiger partial charge in [-0.1, -0.05) is 29.4 Å². The van der Waals surface area contributed by atoms with Gasteiger partial charge < -0.3 is 4.57 Å². The molecule has 0 aliphatic heterocycles. The SMILES string of the molecule is Cc1cc(C)nc(SCC(=O)NN=Cc2cc(C)n(-c3cccc(Cl)c3)c2C)n1. The Bertz CT molecular complexity index is 1060. The van der Waals surface area contributed by atoms with Crippen molar-refractivity contribution in [1.29, 1.82) is 0 Å². The maximum Gasteiger partial charge on any atom is 0.250 e. The molecule has 1 aromatic carbocycles. The van der Waals surface area contributed by atoms with Crippen molar-refractivity contribution in [2.24, 2.45) is 5.10 Å². The fourth-order valence-corrected chi connectivity index (χ4v) is 3.95. The lowest BCUT2D eigenvalue weighted by atomic mass is 10.2. The van der Waals surface area contributed by atoms with E-state index in [9.17, 15) is 4.79 Å². The monoisotopic (exact) mass is 427 g/mol. The van der Waals surface area contributed by atoms with Crippen molar-refractivity contribution in [3.63, 3.8) is 0 Å². The summed E-state index contributed by atoms with van der Waals surface area (Å²) in [6, 6.07) is 11.6. The summed E-state index contributed by atoms with van der Waals surface area (Å²) < 4.78 is 2.10. The van der Waals surface area contributed by atoms with Gasteiger partial charge in [-0.3, -0.25) is 4.79 Å². The number of rotatable bonds is 6. The second-order valence-electron chi connectivity index (χ2n) is 6.66. The van der Waals surface area contributed by atoms with Crippen LogP contribution in [0.3, 0.4) is 0 Å². The Balaban J connectivity index is 1.63. The normalized spacial score (nSPS) is 11.2. The van der Waals surface area contributed by atoms with E-state index < -0.39 is 0 Å². The van der Waals surface area contributed by atoms with E-state index in [1.54, 1.807) is 6.21 Å². The Morgan fingerprint density at radius 2 is 1.90 bits per heavy atom. The molecule has 1 N–H and O–H groups in total. The molecule has 1 amide bonds. The Kier molecular flexibility index (Phi) is 6.71. The average Bonchev–Trinajstić information content (AvgIpc) is 2.93. The van der Waals surface area contributed by atoms with Gasteiger partial charge in [-0.2, -0.15) is 5.10 Å². The smallest absolute Gasteiger partial charge is 0.250 e. The van der Waals surface area contributed by atoms with Crippen LogP contribution in [0.2, 0.25) is 5.02 Å². The van der Waals surface area contributed by atoms with Crippen molar-refractivity contribution >= 4 is 35.5 Å². The molecule has 0 fully saturated rings. The molecule has 0 bridgehead atoms. The molecule has 0 spiro atoms. The maximum absolute atomic E-state index is 12.1. The number of hydrazone groups is 1. The molecule has 0 saturated carbocycles. The molecule has 3 rings (SSSR count). The van der Waals surface area contributed by atoms with Gasteiger partial charge in [0, 0.05) is 39.0 Å². The Hall–Kier alpha value is -2.64. The summed E-state index contributed by atoms with van der Waals surface area (Å²) in [4.78, 5) is 20.7. The number of carbonyl (C=O) groups is 1. The second-order valence-corrected chi connectivity index (χ2v) is 8.04. The minimum Gasteiger partial charge on any atom is -0.318 e. The molecule has 2 aromatic heterocycles. The summed E-state index contributed by atoms with van der Waals surface area (Å²) in [5.74, 6) is -0.0143. The number of thioether (sulfide) groups is 1. The number of benzene rings is 1. The van der Waals surface area contributed by atoms with Gasteiger partial charge >= 0.3 is 0 Å². The van der Waals surface area contributed by atoms with E-state index in [0.717, 1.165) is 34.0 Å². The van der Waals surface area contributed by atoms with Crippen molar-refractivity contribution < 1.29 is 4.79 Å². The Morgan fingerprint density at radius 1 is 1.17 bits per heavy atom. The topological polar surface area (TPSA) is 72.2 Å². The summed E-state index contributed by atoms with van der Waals surface area (Å²) >= 11 is 7.40. The number of hydrogen-bond donors (Lipinski definition) is 1. The largest absolute Gasteiger partial charge is 0.318 e. The molecule has 0 aliphatic rings. The first-order chi connectivity index (χ1) is 13.8. The third kappa shape index (κ3) is 5.46.